The minimum Gasteiger partial charge on any atom is -0.207 e. The summed E-state index contributed by atoms with van der Waals surface area (Å²) in [4.78, 5) is 0. The lowest BCUT2D eigenvalue weighted by Crippen LogP contribution is -2.02. The Hall–Kier alpha value is -2.57. The van der Waals surface area contributed by atoms with Gasteiger partial charge in [0.2, 0.25) is 0 Å². The molecular weight excluding hydrogens is 325 g/mol. The first kappa shape index (κ1) is 15.3. The predicted molar refractivity (Wildman–Crippen MR) is 67.9 cm³/mol. The quantitative estimate of drug-likeness (QED) is 0.421. The highest BCUT2D eigenvalue weighted by atomic mass is 19.2. The Morgan fingerprint density at radius 1 is 0.739 bits per heavy atom. The third-order valence-corrected chi connectivity index (χ3v) is 3.31. The van der Waals surface area contributed by atoms with Gasteiger partial charge >= 0.3 is 0 Å². The van der Waals surface area contributed by atoms with Gasteiger partial charge in [-0.25, -0.2) is 30.7 Å². The Kier molecular flexibility index (Phi) is 3.50. The van der Waals surface area contributed by atoms with Crippen LogP contribution in [-0.4, -0.2) is 0 Å². The molecule has 0 aliphatic heterocycles. The van der Waals surface area contributed by atoms with Gasteiger partial charge in [0.25, 0.3) is 0 Å². The minimum absolute atomic E-state index is 0.516. The second-order valence-corrected chi connectivity index (χ2v) is 4.65. The van der Waals surface area contributed by atoms with Crippen molar-refractivity contribution >= 4 is 10.8 Å². The third kappa shape index (κ3) is 2.23. The van der Waals surface area contributed by atoms with Crippen LogP contribution in [0, 0.1) is 46.8 Å². The van der Waals surface area contributed by atoms with Crippen molar-refractivity contribution in [2.24, 2.45) is 0 Å². The molecule has 0 aromatic heterocycles. The summed E-state index contributed by atoms with van der Waals surface area (Å²) in [5.74, 6) is -11.5. The van der Waals surface area contributed by atoms with Crippen molar-refractivity contribution in [1.29, 1.82) is 0 Å². The summed E-state index contributed by atoms with van der Waals surface area (Å²) in [6, 6.07) is 4.24. The average Bonchev–Trinajstić information content (AvgIpc) is 2.52. The maximum Gasteiger partial charge on any atom is 0.195 e. The zero-order chi connectivity index (χ0) is 16.9. The fraction of sp³-hybridized carbons (Fsp3) is 0. The van der Waals surface area contributed by atoms with E-state index in [1.165, 1.54) is 0 Å². The molecule has 3 rings (SSSR count). The van der Waals surface area contributed by atoms with Gasteiger partial charge in [0.1, 0.15) is 11.6 Å². The average molecular weight is 329 g/mol. The van der Waals surface area contributed by atoms with Crippen molar-refractivity contribution in [2.45, 2.75) is 0 Å². The number of fused-ring (bicyclic) bond motifs is 1. The molecule has 117 valence electrons. The second-order valence-electron chi connectivity index (χ2n) is 4.65. The van der Waals surface area contributed by atoms with Gasteiger partial charge in [-0.1, -0.05) is 6.07 Å². The van der Waals surface area contributed by atoms with E-state index < -0.39 is 62.6 Å². The Labute approximate surface area is 124 Å². The van der Waals surface area contributed by atoms with Crippen molar-refractivity contribution < 1.29 is 30.7 Å². The molecule has 0 N–H and O–H groups in total. The van der Waals surface area contributed by atoms with E-state index in [2.05, 4.69) is 0 Å². The van der Waals surface area contributed by atoms with Gasteiger partial charge < -0.3 is 0 Å². The van der Waals surface area contributed by atoms with Crippen LogP contribution in [0.15, 0.2) is 24.3 Å². The molecule has 0 spiro atoms. The maximum atomic E-state index is 14.1. The molecule has 0 saturated heterocycles. The predicted octanol–water partition coefficient (Wildman–Crippen LogP) is 5.28. The first-order valence-electron chi connectivity index (χ1n) is 6.14. The summed E-state index contributed by atoms with van der Waals surface area (Å²) in [5.41, 5.74) is -1.72. The summed E-state index contributed by atoms with van der Waals surface area (Å²) in [6.07, 6.45) is 0. The monoisotopic (exact) mass is 329 g/mol. The van der Waals surface area contributed by atoms with E-state index >= 15 is 0 Å². The summed E-state index contributed by atoms with van der Waals surface area (Å²) in [6.45, 7) is 0. The van der Waals surface area contributed by atoms with Crippen LogP contribution in [0.25, 0.3) is 21.9 Å². The molecule has 0 aliphatic carbocycles. The lowest BCUT2D eigenvalue weighted by Gasteiger charge is -2.12. The molecule has 1 radical (unpaired) electrons. The number of hydrogen-bond donors (Lipinski definition) is 0. The zero-order valence-corrected chi connectivity index (χ0v) is 11.0. The van der Waals surface area contributed by atoms with Crippen LogP contribution >= 0.6 is 0 Å². The maximum absolute atomic E-state index is 14.1. The summed E-state index contributed by atoms with van der Waals surface area (Å²) < 4.78 is 95.6. The van der Waals surface area contributed by atoms with Crippen LogP contribution in [0.4, 0.5) is 30.7 Å². The van der Waals surface area contributed by atoms with E-state index in [1.54, 1.807) is 0 Å². The summed E-state index contributed by atoms with van der Waals surface area (Å²) >= 11 is 0. The van der Waals surface area contributed by atoms with E-state index in [1.807, 2.05) is 6.07 Å². The molecule has 3 aromatic carbocycles. The Balaban J connectivity index is 2.56. The fourth-order valence-corrected chi connectivity index (χ4v) is 2.31. The lowest BCUT2D eigenvalue weighted by molar-refractivity contribution is 0.449. The zero-order valence-electron chi connectivity index (χ0n) is 11.0. The van der Waals surface area contributed by atoms with Crippen LogP contribution in [0.1, 0.15) is 0 Å². The highest BCUT2D eigenvalue weighted by Gasteiger charge is 2.26. The van der Waals surface area contributed by atoms with Crippen molar-refractivity contribution in [3.63, 3.8) is 0 Å². The Morgan fingerprint density at radius 3 is 2.13 bits per heavy atom. The van der Waals surface area contributed by atoms with Crippen LogP contribution in [0.5, 0.6) is 0 Å². The van der Waals surface area contributed by atoms with Crippen molar-refractivity contribution in [3.05, 3.63) is 71.1 Å². The Bertz CT molecular complexity index is 947. The van der Waals surface area contributed by atoms with Crippen molar-refractivity contribution in [1.82, 2.24) is 0 Å². The smallest absolute Gasteiger partial charge is 0.195 e. The van der Waals surface area contributed by atoms with Gasteiger partial charge in [-0.15, -0.1) is 0 Å². The highest BCUT2D eigenvalue weighted by molar-refractivity contribution is 5.98. The summed E-state index contributed by atoms with van der Waals surface area (Å²) in [5, 5.41) is -1.83. The first-order valence-corrected chi connectivity index (χ1v) is 6.14. The molecule has 23 heavy (non-hydrogen) atoms. The molecule has 0 amide bonds. The fourth-order valence-electron chi connectivity index (χ4n) is 2.31. The third-order valence-electron chi connectivity index (χ3n) is 3.31. The molecule has 0 nitrogen and oxygen atoms in total. The normalized spacial score (nSPS) is 11.3. The standard InChI is InChI=1S/C16H4F7/c17-6-1-3-9(18)8(5-6)11-7-2-4-10(19)13(20)12(7)15(22)16(23)14(11)21/h1-2,4-5H. The van der Waals surface area contributed by atoms with Gasteiger partial charge in [-0.3, -0.25) is 0 Å². The van der Waals surface area contributed by atoms with Gasteiger partial charge in [0.05, 0.1) is 5.39 Å². The molecule has 0 atom stereocenters. The minimum atomic E-state index is -2.12. The van der Waals surface area contributed by atoms with Gasteiger partial charge in [0.15, 0.2) is 29.1 Å². The number of hydrogen-bond acceptors (Lipinski definition) is 0. The van der Waals surface area contributed by atoms with Crippen LogP contribution < -0.4 is 0 Å². The molecule has 0 saturated carbocycles. The molecule has 3 aromatic rings. The number of benzene rings is 3. The van der Waals surface area contributed by atoms with E-state index in [4.69, 9.17) is 0 Å². The van der Waals surface area contributed by atoms with Gasteiger partial charge in [-0.05, 0) is 23.6 Å². The molecule has 0 unspecified atom stereocenters. The molecule has 0 aliphatic rings. The highest BCUT2D eigenvalue weighted by Crippen LogP contribution is 2.38. The van der Waals surface area contributed by atoms with E-state index in [9.17, 15) is 30.7 Å². The van der Waals surface area contributed by atoms with E-state index in [0.717, 1.165) is 6.07 Å². The largest absolute Gasteiger partial charge is 0.207 e. The van der Waals surface area contributed by atoms with Gasteiger partial charge in [0, 0.05) is 17.2 Å². The van der Waals surface area contributed by atoms with Crippen molar-refractivity contribution in [2.75, 3.05) is 0 Å². The van der Waals surface area contributed by atoms with Crippen LogP contribution in [-0.2, 0) is 0 Å². The summed E-state index contributed by atoms with van der Waals surface area (Å²) in [7, 11) is 0. The topological polar surface area (TPSA) is 0 Å². The van der Waals surface area contributed by atoms with E-state index in [0.29, 0.717) is 18.2 Å². The SMILES string of the molecule is Fc1c[c]c(F)c(-c2c(F)c(F)c(F)c3c(F)c(F)ccc23)c1. The molecule has 0 bridgehead atoms. The van der Waals surface area contributed by atoms with E-state index in [-0.39, 0.29) is 0 Å². The molecular formula is C16H4F7. The molecule has 7 heteroatoms. The lowest BCUT2D eigenvalue weighted by atomic mass is 9.96. The molecule has 0 fully saturated rings. The van der Waals surface area contributed by atoms with Crippen molar-refractivity contribution in [3.8, 4) is 11.1 Å². The Morgan fingerprint density at radius 2 is 1.43 bits per heavy atom. The van der Waals surface area contributed by atoms with Crippen LogP contribution in [0.2, 0.25) is 0 Å². The van der Waals surface area contributed by atoms with Gasteiger partial charge in [-0.2, -0.15) is 0 Å². The first-order chi connectivity index (χ1) is 10.8. The van der Waals surface area contributed by atoms with Crippen LogP contribution in [0.3, 0.4) is 0 Å². The molecule has 0 heterocycles. The number of halogens is 7. The number of rotatable bonds is 1. The second kappa shape index (κ2) is 5.26.